The van der Waals surface area contributed by atoms with Crippen LogP contribution in [-0.4, -0.2) is 26.5 Å². The molecular weight excluding hydrogens is 338 g/mol. The SMILES string of the molecule is O=C(CSc1nc2ncccc2[nH]1)c1ccc(Br)cc1. The largest absolute Gasteiger partial charge is 0.332 e. The Morgan fingerprint density at radius 3 is 2.80 bits per heavy atom. The summed E-state index contributed by atoms with van der Waals surface area (Å²) in [6.45, 7) is 0. The van der Waals surface area contributed by atoms with Gasteiger partial charge in [-0.1, -0.05) is 39.8 Å². The Labute approximate surface area is 128 Å². The summed E-state index contributed by atoms with van der Waals surface area (Å²) in [5.74, 6) is 0.428. The first-order chi connectivity index (χ1) is 9.72. The van der Waals surface area contributed by atoms with Crippen LogP contribution in [0.15, 0.2) is 52.2 Å². The molecule has 6 heteroatoms. The molecule has 1 aromatic carbocycles. The van der Waals surface area contributed by atoms with Gasteiger partial charge in [-0.3, -0.25) is 4.79 Å². The third kappa shape index (κ3) is 2.91. The Kier molecular flexibility index (Phi) is 3.84. The van der Waals surface area contributed by atoms with Crippen LogP contribution in [0.4, 0.5) is 0 Å². The van der Waals surface area contributed by atoms with E-state index in [2.05, 4.69) is 30.9 Å². The molecule has 0 aliphatic carbocycles. The minimum absolute atomic E-state index is 0.0796. The zero-order valence-corrected chi connectivity index (χ0v) is 12.7. The Hall–Kier alpha value is -1.66. The molecule has 0 amide bonds. The van der Waals surface area contributed by atoms with Gasteiger partial charge in [0.1, 0.15) is 0 Å². The minimum Gasteiger partial charge on any atom is -0.332 e. The maximum absolute atomic E-state index is 12.1. The maximum Gasteiger partial charge on any atom is 0.178 e. The number of carbonyl (C=O) groups excluding carboxylic acids is 1. The van der Waals surface area contributed by atoms with Gasteiger partial charge in [0.25, 0.3) is 0 Å². The first-order valence-corrected chi connectivity index (χ1v) is 7.72. The lowest BCUT2D eigenvalue weighted by molar-refractivity contribution is 0.102. The van der Waals surface area contributed by atoms with Crippen LogP contribution in [-0.2, 0) is 0 Å². The van der Waals surface area contributed by atoms with E-state index in [4.69, 9.17) is 0 Å². The fraction of sp³-hybridized carbons (Fsp3) is 0.0714. The number of ketones is 1. The molecule has 0 radical (unpaired) electrons. The number of H-pyrrole nitrogens is 1. The second-order valence-corrected chi connectivity index (χ2v) is 6.01. The highest BCUT2D eigenvalue weighted by molar-refractivity contribution is 9.10. The summed E-state index contributed by atoms with van der Waals surface area (Å²) in [6.07, 6.45) is 1.70. The number of pyridine rings is 1. The predicted octanol–water partition coefficient (Wildman–Crippen LogP) is 3.70. The number of aromatic amines is 1. The Morgan fingerprint density at radius 1 is 1.25 bits per heavy atom. The van der Waals surface area contributed by atoms with Crippen LogP contribution >= 0.6 is 27.7 Å². The third-order valence-electron chi connectivity index (χ3n) is 2.74. The van der Waals surface area contributed by atoms with E-state index in [9.17, 15) is 4.79 Å². The van der Waals surface area contributed by atoms with Gasteiger partial charge in [0.05, 0.1) is 11.3 Å². The van der Waals surface area contributed by atoms with Crippen molar-refractivity contribution in [2.24, 2.45) is 0 Å². The van der Waals surface area contributed by atoms with Crippen molar-refractivity contribution < 1.29 is 4.79 Å². The van der Waals surface area contributed by atoms with Crippen molar-refractivity contribution in [3.8, 4) is 0 Å². The Balaban J connectivity index is 1.69. The maximum atomic E-state index is 12.1. The average Bonchev–Trinajstić information content (AvgIpc) is 2.88. The molecule has 2 aromatic heterocycles. The number of nitrogens with one attached hydrogen (secondary N) is 1. The van der Waals surface area contributed by atoms with Crippen molar-refractivity contribution in [1.29, 1.82) is 0 Å². The monoisotopic (exact) mass is 347 g/mol. The van der Waals surface area contributed by atoms with Gasteiger partial charge in [0, 0.05) is 16.2 Å². The van der Waals surface area contributed by atoms with E-state index in [1.807, 2.05) is 36.4 Å². The van der Waals surface area contributed by atoms with Crippen molar-refractivity contribution in [3.05, 3.63) is 52.6 Å². The molecule has 0 saturated carbocycles. The summed E-state index contributed by atoms with van der Waals surface area (Å²) in [5, 5.41) is 0.712. The number of halogens is 1. The first-order valence-electron chi connectivity index (χ1n) is 5.95. The molecule has 0 aliphatic heterocycles. The fourth-order valence-corrected chi connectivity index (χ4v) is 2.78. The lowest BCUT2D eigenvalue weighted by Crippen LogP contribution is -2.02. The van der Waals surface area contributed by atoms with Crippen molar-refractivity contribution in [3.63, 3.8) is 0 Å². The van der Waals surface area contributed by atoms with Gasteiger partial charge in [-0.05, 0) is 24.3 Å². The molecule has 0 bridgehead atoms. The summed E-state index contributed by atoms with van der Waals surface area (Å²) in [4.78, 5) is 23.7. The second-order valence-electron chi connectivity index (χ2n) is 4.14. The lowest BCUT2D eigenvalue weighted by atomic mass is 10.2. The highest BCUT2D eigenvalue weighted by Gasteiger charge is 2.09. The zero-order chi connectivity index (χ0) is 13.9. The van der Waals surface area contributed by atoms with E-state index in [0.29, 0.717) is 22.1 Å². The van der Waals surface area contributed by atoms with Gasteiger partial charge in [-0.2, -0.15) is 0 Å². The first kappa shape index (κ1) is 13.3. The van der Waals surface area contributed by atoms with Crippen molar-refractivity contribution in [2.75, 3.05) is 5.75 Å². The third-order valence-corrected chi connectivity index (χ3v) is 4.14. The number of nitrogens with zero attached hydrogens (tertiary/aromatic N) is 2. The van der Waals surface area contributed by atoms with Gasteiger partial charge in [0.2, 0.25) is 0 Å². The predicted molar refractivity (Wildman–Crippen MR) is 83.1 cm³/mol. The Bertz CT molecular complexity index is 721. The van der Waals surface area contributed by atoms with Crippen LogP contribution in [0, 0.1) is 0 Å². The van der Waals surface area contributed by atoms with E-state index in [1.54, 1.807) is 6.20 Å². The van der Waals surface area contributed by atoms with Crippen molar-refractivity contribution in [2.45, 2.75) is 5.16 Å². The molecule has 0 spiro atoms. The van der Waals surface area contributed by atoms with Crippen LogP contribution < -0.4 is 0 Å². The molecule has 4 nitrogen and oxygen atoms in total. The fourth-order valence-electron chi connectivity index (χ4n) is 1.74. The summed E-state index contributed by atoms with van der Waals surface area (Å²) in [5.41, 5.74) is 2.26. The van der Waals surface area contributed by atoms with E-state index in [0.717, 1.165) is 9.99 Å². The molecule has 0 atom stereocenters. The minimum atomic E-state index is 0.0796. The molecule has 20 heavy (non-hydrogen) atoms. The number of hydrogen-bond donors (Lipinski definition) is 1. The molecule has 3 rings (SSSR count). The van der Waals surface area contributed by atoms with Gasteiger partial charge >= 0.3 is 0 Å². The summed E-state index contributed by atoms with van der Waals surface area (Å²) in [6, 6.07) is 11.1. The van der Waals surface area contributed by atoms with E-state index in [1.165, 1.54) is 11.8 Å². The molecule has 0 fully saturated rings. The molecule has 0 saturated heterocycles. The number of aromatic nitrogens is 3. The molecule has 2 heterocycles. The quantitative estimate of drug-likeness (QED) is 0.577. The lowest BCUT2D eigenvalue weighted by Gasteiger charge is -1.99. The standard InChI is InChI=1S/C14H10BrN3OS/c15-10-5-3-9(4-6-10)12(19)8-20-14-17-11-2-1-7-16-13(11)18-14/h1-7H,8H2,(H,16,17,18). The number of benzene rings is 1. The number of fused-ring (bicyclic) bond motifs is 1. The van der Waals surface area contributed by atoms with Crippen LogP contribution in [0.5, 0.6) is 0 Å². The number of hydrogen-bond acceptors (Lipinski definition) is 4. The molecule has 0 aliphatic rings. The molecular formula is C14H10BrN3OS. The smallest absolute Gasteiger partial charge is 0.178 e. The highest BCUT2D eigenvalue weighted by atomic mass is 79.9. The number of thioether (sulfide) groups is 1. The van der Waals surface area contributed by atoms with Crippen molar-refractivity contribution in [1.82, 2.24) is 15.0 Å². The summed E-state index contributed by atoms with van der Waals surface area (Å²) < 4.78 is 0.963. The van der Waals surface area contributed by atoms with Gasteiger partial charge in [0.15, 0.2) is 16.6 Å². The molecule has 100 valence electrons. The molecule has 1 N–H and O–H groups in total. The highest BCUT2D eigenvalue weighted by Crippen LogP contribution is 2.19. The topological polar surface area (TPSA) is 58.6 Å². The normalized spacial score (nSPS) is 10.8. The average molecular weight is 348 g/mol. The second kappa shape index (κ2) is 5.76. The number of carbonyl (C=O) groups is 1. The number of rotatable bonds is 4. The number of imidazole rings is 1. The van der Waals surface area contributed by atoms with Crippen LogP contribution in [0.2, 0.25) is 0 Å². The van der Waals surface area contributed by atoms with Gasteiger partial charge in [-0.25, -0.2) is 9.97 Å². The van der Waals surface area contributed by atoms with Gasteiger partial charge in [-0.15, -0.1) is 0 Å². The van der Waals surface area contributed by atoms with Crippen LogP contribution in [0.3, 0.4) is 0 Å². The van der Waals surface area contributed by atoms with E-state index < -0.39 is 0 Å². The zero-order valence-electron chi connectivity index (χ0n) is 10.3. The van der Waals surface area contributed by atoms with Crippen molar-refractivity contribution >= 4 is 44.6 Å². The van der Waals surface area contributed by atoms with Gasteiger partial charge < -0.3 is 4.98 Å². The van der Waals surface area contributed by atoms with E-state index >= 15 is 0 Å². The van der Waals surface area contributed by atoms with Crippen LogP contribution in [0.25, 0.3) is 11.2 Å². The van der Waals surface area contributed by atoms with E-state index in [-0.39, 0.29) is 5.78 Å². The number of Topliss-reactive ketones (excluding diaryl/α,β-unsaturated/α-hetero) is 1. The van der Waals surface area contributed by atoms with Crippen LogP contribution in [0.1, 0.15) is 10.4 Å². The molecule has 3 aromatic rings. The molecule has 0 unspecified atom stereocenters. The Morgan fingerprint density at radius 2 is 2.05 bits per heavy atom. The summed E-state index contributed by atoms with van der Waals surface area (Å²) in [7, 11) is 0. The summed E-state index contributed by atoms with van der Waals surface area (Å²) >= 11 is 4.74.